The van der Waals surface area contributed by atoms with Crippen molar-refractivity contribution in [1.82, 2.24) is 25.1 Å². The third kappa shape index (κ3) is 7.25. The Morgan fingerprint density at radius 3 is 2.44 bits per heavy atom. The molecule has 0 aliphatic carbocycles. The standard InChI is InChI=1S/C27H30Cl2N6O5S/c1-15(2)10-20(24(36)33-39)35-9-8-27(25(35)37,32-26(38)31-23-11-16(3)34-41-23)18-4-6-19(7-5-18)40-14-17-12-21(28)30-22(29)13-17/h4-7,11-13,15,20,39H,8-10,14H2,1-3H3,(H,33,36)(H2,31,32,38)/t20?,27-/m1/s1. The van der Waals surface area contributed by atoms with Gasteiger partial charge in [0.15, 0.2) is 0 Å². The SMILES string of the molecule is Cc1cc(NC(=O)N[C@@]2(c3ccc(OCc4cc(Cl)nc(Cl)c4)cc3)CCN(C(CC(C)C)C(=O)NO)C2=O)sn1. The molecule has 1 saturated heterocycles. The number of nitrogens with zero attached hydrogens (tertiary/aromatic N) is 3. The van der Waals surface area contributed by atoms with Crippen LogP contribution in [0.5, 0.6) is 5.75 Å². The van der Waals surface area contributed by atoms with Crippen LogP contribution in [-0.4, -0.2) is 49.9 Å². The number of carbonyl (C=O) groups excluding carboxylic acids is 3. The van der Waals surface area contributed by atoms with Crippen LogP contribution in [0.15, 0.2) is 42.5 Å². The number of aromatic nitrogens is 2. The van der Waals surface area contributed by atoms with Crippen molar-refractivity contribution in [3.63, 3.8) is 0 Å². The molecule has 4 rings (SSSR count). The zero-order valence-electron chi connectivity index (χ0n) is 22.6. The van der Waals surface area contributed by atoms with Crippen molar-refractivity contribution in [2.75, 3.05) is 11.9 Å². The van der Waals surface area contributed by atoms with E-state index in [-0.39, 0.29) is 35.8 Å². The van der Waals surface area contributed by atoms with Crippen LogP contribution < -0.4 is 20.9 Å². The zero-order valence-corrected chi connectivity index (χ0v) is 24.9. The number of carbonyl (C=O) groups is 3. The van der Waals surface area contributed by atoms with E-state index >= 15 is 0 Å². The minimum absolute atomic E-state index is 0.0625. The summed E-state index contributed by atoms with van der Waals surface area (Å²) in [5.74, 6) is -0.575. The highest BCUT2D eigenvalue weighted by Crippen LogP contribution is 2.37. The molecule has 4 N–H and O–H groups in total. The van der Waals surface area contributed by atoms with E-state index in [2.05, 4.69) is 20.0 Å². The number of pyridine rings is 1. The first kappa shape index (κ1) is 30.5. The fourth-order valence-corrected chi connectivity index (χ4v) is 5.91. The molecule has 2 aromatic heterocycles. The third-order valence-electron chi connectivity index (χ3n) is 6.60. The maximum Gasteiger partial charge on any atom is 0.321 e. The van der Waals surface area contributed by atoms with Crippen LogP contribution in [0.3, 0.4) is 0 Å². The van der Waals surface area contributed by atoms with E-state index in [0.717, 1.165) is 22.8 Å². The third-order valence-corrected chi connectivity index (χ3v) is 7.79. The molecule has 41 heavy (non-hydrogen) atoms. The first-order valence-electron chi connectivity index (χ1n) is 12.8. The van der Waals surface area contributed by atoms with Gasteiger partial charge in [-0.25, -0.2) is 15.3 Å². The van der Waals surface area contributed by atoms with Gasteiger partial charge in [-0.15, -0.1) is 0 Å². The number of ether oxygens (including phenoxy) is 1. The van der Waals surface area contributed by atoms with E-state index in [1.165, 1.54) is 4.90 Å². The molecule has 0 radical (unpaired) electrons. The second-order valence-electron chi connectivity index (χ2n) is 10.1. The molecule has 1 aliphatic rings. The normalized spacial score (nSPS) is 17.4. The summed E-state index contributed by atoms with van der Waals surface area (Å²) in [6, 6.07) is 10.3. The smallest absolute Gasteiger partial charge is 0.321 e. The molecule has 11 nitrogen and oxygen atoms in total. The minimum atomic E-state index is -1.47. The van der Waals surface area contributed by atoms with Gasteiger partial charge < -0.3 is 15.0 Å². The summed E-state index contributed by atoms with van der Waals surface area (Å²) >= 11 is 13.1. The second-order valence-corrected chi connectivity index (χ2v) is 11.7. The zero-order chi connectivity index (χ0) is 29.7. The van der Waals surface area contributed by atoms with Crippen LogP contribution in [0, 0.1) is 12.8 Å². The first-order valence-corrected chi connectivity index (χ1v) is 14.4. The van der Waals surface area contributed by atoms with Crippen molar-refractivity contribution in [3.8, 4) is 5.75 Å². The Kier molecular flexibility index (Phi) is 9.69. The molecule has 0 spiro atoms. The molecule has 3 aromatic rings. The predicted molar refractivity (Wildman–Crippen MR) is 155 cm³/mol. The molecule has 1 aromatic carbocycles. The summed E-state index contributed by atoms with van der Waals surface area (Å²) in [7, 11) is 0. The Balaban J connectivity index is 1.60. The minimum Gasteiger partial charge on any atom is -0.489 e. The summed E-state index contributed by atoms with van der Waals surface area (Å²) < 4.78 is 10.0. The van der Waals surface area contributed by atoms with Gasteiger partial charge in [-0.3, -0.25) is 20.1 Å². The number of benzene rings is 1. The molecular weight excluding hydrogens is 591 g/mol. The van der Waals surface area contributed by atoms with Crippen LogP contribution in [0.25, 0.3) is 0 Å². The number of hydrogen-bond acceptors (Lipinski definition) is 8. The molecule has 0 bridgehead atoms. The Hall–Kier alpha value is -3.45. The Bertz CT molecular complexity index is 1400. The van der Waals surface area contributed by atoms with E-state index in [4.69, 9.17) is 27.9 Å². The van der Waals surface area contributed by atoms with Crippen LogP contribution in [-0.2, 0) is 21.7 Å². The fourth-order valence-electron chi connectivity index (χ4n) is 4.75. The highest BCUT2D eigenvalue weighted by molar-refractivity contribution is 7.10. The van der Waals surface area contributed by atoms with Crippen molar-refractivity contribution in [2.45, 2.75) is 51.8 Å². The van der Waals surface area contributed by atoms with Crippen molar-refractivity contribution in [1.29, 1.82) is 0 Å². The van der Waals surface area contributed by atoms with E-state index < -0.39 is 29.4 Å². The topological polar surface area (TPSA) is 146 Å². The summed E-state index contributed by atoms with van der Waals surface area (Å²) in [6.07, 6.45) is 0.527. The van der Waals surface area contributed by atoms with Crippen LogP contribution in [0.1, 0.15) is 43.5 Å². The van der Waals surface area contributed by atoms with Gasteiger partial charge >= 0.3 is 6.03 Å². The number of likely N-dealkylation sites (tertiary alicyclic amines) is 1. The highest BCUT2D eigenvalue weighted by Gasteiger charge is 2.52. The fraction of sp³-hybridized carbons (Fsp3) is 0.370. The average Bonchev–Trinajstić information content (AvgIpc) is 3.47. The van der Waals surface area contributed by atoms with E-state index in [0.29, 0.717) is 22.7 Å². The Morgan fingerprint density at radius 1 is 1.17 bits per heavy atom. The molecule has 1 unspecified atom stereocenters. The lowest BCUT2D eigenvalue weighted by Gasteiger charge is -2.32. The lowest BCUT2D eigenvalue weighted by molar-refractivity contribution is -0.145. The average molecular weight is 622 g/mol. The lowest BCUT2D eigenvalue weighted by atomic mass is 9.88. The number of hydroxylamine groups is 1. The number of amides is 4. The molecule has 1 aliphatic heterocycles. The molecule has 14 heteroatoms. The Labute approximate surface area is 251 Å². The molecule has 0 saturated carbocycles. The van der Waals surface area contributed by atoms with Gasteiger partial charge in [0, 0.05) is 13.0 Å². The van der Waals surface area contributed by atoms with Crippen molar-refractivity contribution >= 4 is 57.6 Å². The Morgan fingerprint density at radius 2 is 1.85 bits per heavy atom. The first-order chi connectivity index (χ1) is 19.5. The van der Waals surface area contributed by atoms with Crippen molar-refractivity contribution < 1.29 is 24.3 Å². The molecule has 2 atom stereocenters. The lowest BCUT2D eigenvalue weighted by Crippen LogP contribution is -2.56. The van der Waals surface area contributed by atoms with E-state index in [1.54, 1.807) is 47.9 Å². The molecule has 1 fully saturated rings. The van der Waals surface area contributed by atoms with Crippen LogP contribution in [0.2, 0.25) is 10.3 Å². The number of anilines is 1. The maximum absolute atomic E-state index is 14.1. The maximum atomic E-state index is 14.1. The van der Waals surface area contributed by atoms with Crippen LogP contribution in [0.4, 0.5) is 9.80 Å². The quantitative estimate of drug-likeness (QED) is 0.143. The summed E-state index contributed by atoms with van der Waals surface area (Å²) in [6.45, 7) is 6.01. The second kappa shape index (κ2) is 13.0. The number of hydrogen-bond donors (Lipinski definition) is 4. The number of aryl methyl sites for hydroxylation is 1. The number of urea groups is 1. The van der Waals surface area contributed by atoms with Crippen LogP contribution >= 0.6 is 34.7 Å². The van der Waals surface area contributed by atoms with Gasteiger partial charge in [-0.1, -0.05) is 49.2 Å². The summed E-state index contributed by atoms with van der Waals surface area (Å²) in [5.41, 5.74) is 2.20. The van der Waals surface area contributed by atoms with Gasteiger partial charge in [-0.05, 0) is 72.3 Å². The van der Waals surface area contributed by atoms with Gasteiger partial charge in [-0.2, -0.15) is 4.37 Å². The molecule has 4 amide bonds. The van der Waals surface area contributed by atoms with Crippen molar-refractivity contribution in [3.05, 3.63) is 69.6 Å². The van der Waals surface area contributed by atoms with Crippen molar-refractivity contribution in [2.24, 2.45) is 5.92 Å². The molecule has 218 valence electrons. The summed E-state index contributed by atoms with van der Waals surface area (Å²) in [4.78, 5) is 45.1. The van der Waals surface area contributed by atoms with Gasteiger partial charge in [0.1, 0.15) is 39.2 Å². The van der Waals surface area contributed by atoms with E-state index in [9.17, 15) is 19.6 Å². The van der Waals surface area contributed by atoms with Gasteiger partial charge in [0.2, 0.25) is 0 Å². The number of nitrogens with one attached hydrogen (secondary N) is 3. The molecular formula is C27H30Cl2N6O5S. The van der Waals surface area contributed by atoms with Gasteiger partial charge in [0.25, 0.3) is 11.8 Å². The number of rotatable bonds is 10. The largest absolute Gasteiger partial charge is 0.489 e. The summed E-state index contributed by atoms with van der Waals surface area (Å²) in [5, 5.41) is 16.0. The highest BCUT2D eigenvalue weighted by atomic mass is 35.5. The van der Waals surface area contributed by atoms with Gasteiger partial charge in [0.05, 0.1) is 5.69 Å². The molecule has 3 heterocycles. The predicted octanol–water partition coefficient (Wildman–Crippen LogP) is 4.90. The van der Waals surface area contributed by atoms with E-state index in [1.807, 2.05) is 20.8 Å². The monoisotopic (exact) mass is 620 g/mol. The number of halogens is 2.